The molecule has 0 bridgehead atoms. The molecule has 1 saturated heterocycles. The maximum Gasteiger partial charge on any atom is 0.0220 e. The monoisotopic (exact) mass is 210 g/mol. The lowest BCUT2D eigenvalue weighted by Gasteiger charge is -2.30. The zero-order valence-corrected chi connectivity index (χ0v) is 10.2. The average molecular weight is 210 g/mol. The van der Waals surface area contributed by atoms with E-state index >= 15 is 0 Å². The molecule has 2 rings (SSSR count). The summed E-state index contributed by atoms with van der Waals surface area (Å²) in [6.45, 7) is 7.46. The van der Waals surface area contributed by atoms with Crippen LogP contribution in [0.3, 0.4) is 0 Å². The van der Waals surface area contributed by atoms with E-state index in [9.17, 15) is 0 Å². The molecular formula is C13H26N2. The minimum Gasteiger partial charge on any atom is -0.315 e. The molecule has 88 valence electrons. The smallest absolute Gasteiger partial charge is 0.0220 e. The van der Waals surface area contributed by atoms with Crippen LogP contribution in [-0.4, -0.2) is 37.1 Å². The van der Waals surface area contributed by atoms with Crippen LogP contribution in [0, 0.1) is 5.92 Å². The van der Waals surface area contributed by atoms with Gasteiger partial charge in [0.25, 0.3) is 0 Å². The molecule has 2 heteroatoms. The third-order valence-corrected chi connectivity index (χ3v) is 3.74. The lowest BCUT2D eigenvalue weighted by Crippen LogP contribution is -2.42. The molecule has 0 amide bonds. The van der Waals surface area contributed by atoms with Gasteiger partial charge in [0.15, 0.2) is 0 Å². The minimum absolute atomic E-state index is 0.827. The van der Waals surface area contributed by atoms with Crippen LogP contribution in [0.25, 0.3) is 0 Å². The predicted molar refractivity (Wildman–Crippen MR) is 65.1 cm³/mol. The fourth-order valence-electron chi connectivity index (χ4n) is 2.65. The summed E-state index contributed by atoms with van der Waals surface area (Å²) in [6.07, 6.45) is 8.49. The van der Waals surface area contributed by atoms with Gasteiger partial charge in [-0.2, -0.15) is 0 Å². The van der Waals surface area contributed by atoms with Crippen molar-refractivity contribution in [3.05, 3.63) is 0 Å². The van der Waals surface area contributed by atoms with Crippen molar-refractivity contribution in [2.75, 3.05) is 26.2 Å². The van der Waals surface area contributed by atoms with Crippen LogP contribution in [0.2, 0.25) is 0 Å². The summed E-state index contributed by atoms with van der Waals surface area (Å²) >= 11 is 0. The minimum atomic E-state index is 0.827. The highest BCUT2D eigenvalue weighted by Crippen LogP contribution is 2.30. The summed E-state index contributed by atoms with van der Waals surface area (Å²) in [4.78, 5) is 2.76. The van der Waals surface area contributed by atoms with Gasteiger partial charge in [0.05, 0.1) is 0 Å². The molecule has 1 N–H and O–H groups in total. The Hall–Kier alpha value is -0.0800. The van der Waals surface area contributed by atoms with Gasteiger partial charge in [-0.3, -0.25) is 4.90 Å². The van der Waals surface area contributed by atoms with Crippen molar-refractivity contribution >= 4 is 0 Å². The van der Waals surface area contributed by atoms with Crippen LogP contribution >= 0.6 is 0 Å². The summed E-state index contributed by atoms with van der Waals surface area (Å²) in [7, 11) is 0. The Bertz CT molecular complexity index is 169. The Morgan fingerprint density at radius 1 is 1.20 bits per heavy atom. The Kier molecular flexibility index (Phi) is 4.45. The highest BCUT2D eigenvalue weighted by Gasteiger charge is 2.27. The van der Waals surface area contributed by atoms with Crippen LogP contribution < -0.4 is 5.32 Å². The van der Waals surface area contributed by atoms with Crippen molar-refractivity contribution in [3.8, 4) is 0 Å². The number of nitrogens with one attached hydrogen (secondary N) is 1. The van der Waals surface area contributed by atoms with Gasteiger partial charge in [-0.05, 0) is 51.1 Å². The topological polar surface area (TPSA) is 15.3 Å². The SMILES string of the molecule is CCCN(CC1CC1)C1CCCCNC1. The fourth-order valence-corrected chi connectivity index (χ4v) is 2.65. The molecule has 0 aromatic rings. The quantitative estimate of drug-likeness (QED) is 0.749. The predicted octanol–water partition coefficient (Wildman–Crippen LogP) is 2.25. The van der Waals surface area contributed by atoms with Gasteiger partial charge in [-0.25, -0.2) is 0 Å². The van der Waals surface area contributed by atoms with Crippen LogP contribution in [0.1, 0.15) is 45.4 Å². The number of rotatable bonds is 5. The molecule has 1 atom stereocenters. The van der Waals surface area contributed by atoms with E-state index in [0.29, 0.717) is 0 Å². The molecule has 0 aromatic heterocycles. The van der Waals surface area contributed by atoms with E-state index < -0.39 is 0 Å². The van der Waals surface area contributed by atoms with Gasteiger partial charge in [-0.15, -0.1) is 0 Å². The summed E-state index contributed by atoms with van der Waals surface area (Å²) in [5.41, 5.74) is 0. The summed E-state index contributed by atoms with van der Waals surface area (Å²) in [5.74, 6) is 1.04. The molecular weight excluding hydrogens is 184 g/mol. The van der Waals surface area contributed by atoms with E-state index in [4.69, 9.17) is 0 Å². The standard InChI is InChI=1S/C13H26N2/c1-2-9-15(11-12-6-7-12)13-5-3-4-8-14-10-13/h12-14H,2-11H2,1H3. The molecule has 1 unspecified atom stereocenters. The molecule has 1 saturated carbocycles. The Morgan fingerprint density at radius 2 is 2.07 bits per heavy atom. The second-order valence-corrected chi connectivity index (χ2v) is 5.29. The highest BCUT2D eigenvalue weighted by atomic mass is 15.2. The van der Waals surface area contributed by atoms with Crippen molar-refractivity contribution in [2.24, 2.45) is 5.92 Å². The molecule has 15 heavy (non-hydrogen) atoms. The Balaban J connectivity index is 1.82. The van der Waals surface area contributed by atoms with Gasteiger partial charge in [0, 0.05) is 19.1 Å². The van der Waals surface area contributed by atoms with E-state index in [1.807, 2.05) is 0 Å². The summed E-state index contributed by atoms with van der Waals surface area (Å²) in [5, 5.41) is 3.59. The highest BCUT2D eigenvalue weighted by molar-refractivity contribution is 4.83. The van der Waals surface area contributed by atoms with Crippen LogP contribution in [0.15, 0.2) is 0 Å². The van der Waals surface area contributed by atoms with Gasteiger partial charge in [-0.1, -0.05) is 13.3 Å². The van der Waals surface area contributed by atoms with E-state index in [1.165, 1.54) is 64.7 Å². The van der Waals surface area contributed by atoms with Crippen molar-refractivity contribution in [2.45, 2.75) is 51.5 Å². The lowest BCUT2D eigenvalue weighted by molar-refractivity contribution is 0.179. The molecule has 2 aliphatic rings. The first-order valence-electron chi connectivity index (χ1n) is 6.85. The maximum absolute atomic E-state index is 3.59. The molecule has 1 heterocycles. The van der Waals surface area contributed by atoms with Gasteiger partial charge in [0.2, 0.25) is 0 Å². The molecule has 0 spiro atoms. The largest absolute Gasteiger partial charge is 0.315 e. The van der Waals surface area contributed by atoms with Crippen molar-refractivity contribution < 1.29 is 0 Å². The third kappa shape index (κ3) is 3.76. The van der Waals surface area contributed by atoms with E-state index in [-0.39, 0.29) is 0 Å². The van der Waals surface area contributed by atoms with Crippen LogP contribution in [-0.2, 0) is 0 Å². The maximum atomic E-state index is 3.59. The Labute approximate surface area is 94.4 Å². The van der Waals surface area contributed by atoms with Gasteiger partial charge in [0.1, 0.15) is 0 Å². The number of hydrogen-bond acceptors (Lipinski definition) is 2. The first-order chi connectivity index (χ1) is 7.40. The fraction of sp³-hybridized carbons (Fsp3) is 1.00. The van der Waals surface area contributed by atoms with Crippen molar-refractivity contribution in [3.63, 3.8) is 0 Å². The van der Waals surface area contributed by atoms with Crippen LogP contribution in [0.5, 0.6) is 0 Å². The van der Waals surface area contributed by atoms with E-state index in [2.05, 4.69) is 17.1 Å². The molecule has 2 nitrogen and oxygen atoms in total. The summed E-state index contributed by atoms with van der Waals surface area (Å²) in [6, 6.07) is 0.827. The van der Waals surface area contributed by atoms with Gasteiger partial charge >= 0.3 is 0 Å². The molecule has 1 aliphatic heterocycles. The Morgan fingerprint density at radius 3 is 2.80 bits per heavy atom. The molecule has 1 aliphatic carbocycles. The van der Waals surface area contributed by atoms with Gasteiger partial charge < -0.3 is 5.32 Å². The summed E-state index contributed by atoms with van der Waals surface area (Å²) < 4.78 is 0. The second-order valence-electron chi connectivity index (χ2n) is 5.29. The number of hydrogen-bond donors (Lipinski definition) is 1. The first-order valence-corrected chi connectivity index (χ1v) is 6.85. The first kappa shape index (κ1) is 11.4. The molecule has 0 aromatic carbocycles. The molecule has 0 radical (unpaired) electrons. The lowest BCUT2D eigenvalue weighted by atomic mass is 10.1. The zero-order chi connectivity index (χ0) is 10.5. The van der Waals surface area contributed by atoms with Crippen LogP contribution in [0.4, 0.5) is 0 Å². The zero-order valence-electron chi connectivity index (χ0n) is 10.2. The normalized spacial score (nSPS) is 28.0. The van der Waals surface area contributed by atoms with Crippen molar-refractivity contribution in [1.82, 2.24) is 10.2 Å². The number of nitrogens with zero attached hydrogens (tertiary/aromatic N) is 1. The van der Waals surface area contributed by atoms with Crippen molar-refractivity contribution in [1.29, 1.82) is 0 Å². The average Bonchev–Trinajstić information content (AvgIpc) is 3.03. The third-order valence-electron chi connectivity index (χ3n) is 3.74. The molecule has 2 fully saturated rings. The second kappa shape index (κ2) is 5.86. The van der Waals surface area contributed by atoms with E-state index in [1.54, 1.807) is 0 Å². The van der Waals surface area contributed by atoms with E-state index in [0.717, 1.165) is 12.0 Å².